The summed E-state index contributed by atoms with van der Waals surface area (Å²) in [5, 5.41) is 3.23. The fourth-order valence-corrected chi connectivity index (χ4v) is 6.11. The zero-order valence-corrected chi connectivity index (χ0v) is 24.4. The number of rotatable bonds is 10. The average Bonchev–Trinajstić information content (AvgIpc) is 3.04. The topological polar surface area (TPSA) is 100 Å². The van der Waals surface area contributed by atoms with E-state index in [-0.39, 0.29) is 10.8 Å². The summed E-state index contributed by atoms with van der Waals surface area (Å²) in [5.74, 6) is 1.05. The highest BCUT2D eigenvalue weighted by molar-refractivity contribution is 7.92. The lowest BCUT2D eigenvalue weighted by atomic mass is 10.1. The van der Waals surface area contributed by atoms with Crippen LogP contribution < -0.4 is 24.4 Å². The molecule has 1 fully saturated rings. The van der Waals surface area contributed by atoms with Gasteiger partial charge in [-0.25, -0.2) is 8.42 Å². The van der Waals surface area contributed by atoms with Crippen molar-refractivity contribution >= 4 is 33.0 Å². The molecular weight excluding hydrogens is 552 g/mol. The van der Waals surface area contributed by atoms with Crippen LogP contribution in [-0.4, -0.2) is 59.6 Å². The molecule has 4 aromatic carbocycles. The second-order valence-corrected chi connectivity index (χ2v) is 11.5. The van der Waals surface area contributed by atoms with Gasteiger partial charge in [0.25, 0.3) is 15.9 Å². The van der Waals surface area contributed by atoms with Crippen molar-refractivity contribution in [3.63, 3.8) is 0 Å². The van der Waals surface area contributed by atoms with Crippen molar-refractivity contribution < 1.29 is 22.7 Å². The molecule has 0 atom stereocenters. The third-order valence-corrected chi connectivity index (χ3v) is 8.59. The normalized spacial score (nSPS) is 13.4. The third kappa shape index (κ3) is 6.77. The van der Waals surface area contributed by atoms with E-state index in [0.717, 1.165) is 17.0 Å². The lowest BCUT2D eigenvalue weighted by Crippen LogP contribution is -2.48. The van der Waals surface area contributed by atoms with Crippen molar-refractivity contribution in [1.29, 1.82) is 0 Å². The van der Waals surface area contributed by atoms with Gasteiger partial charge in [0.2, 0.25) is 0 Å². The molecule has 10 heteroatoms. The van der Waals surface area contributed by atoms with Crippen molar-refractivity contribution in [2.24, 2.45) is 0 Å². The summed E-state index contributed by atoms with van der Waals surface area (Å²) in [4.78, 5) is 17.5. The molecule has 42 heavy (non-hydrogen) atoms. The Bertz CT molecular complexity index is 1620. The van der Waals surface area contributed by atoms with E-state index in [0.29, 0.717) is 55.4 Å². The Morgan fingerprint density at radius 3 is 2.19 bits per heavy atom. The second kappa shape index (κ2) is 12.9. The summed E-state index contributed by atoms with van der Waals surface area (Å²) in [6, 6.07) is 29.0. The van der Waals surface area contributed by atoms with Gasteiger partial charge in [-0.15, -0.1) is 0 Å². The number of ether oxygens (including phenoxy) is 2. The van der Waals surface area contributed by atoms with Crippen molar-refractivity contribution in [2.75, 3.05) is 55.3 Å². The number of para-hydroxylation sites is 1. The number of nitrogens with one attached hydrogen (secondary N) is 2. The molecule has 5 rings (SSSR count). The molecule has 1 amide bonds. The zero-order chi connectivity index (χ0) is 29.5. The number of nitrogens with zero attached hydrogens (tertiary/aromatic N) is 2. The van der Waals surface area contributed by atoms with Crippen LogP contribution in [0.15, 0.2) is 102 Å². The zero-order valence-electron chi connectivity index (χ0n) is 23.6. The Morgan fingerprint density at radius 2 is 1.50 bits per heavy atom. The van der Waals surface area contributed by atoms with Crippen LogP contribution in [0.5, 0.6) is 11.5 Å². The van der Waals surface area contributed by atoms with Gasteiger partial charge in [-0.2, -0.15) is 0 Å². The first-order valence-electron chi connectivity index (χ1n) is 13.6. The molecule has 0 radical (unpaired) electrons. The first-order valence-corrected chi connectivity index (χ1v) is 15.1. The van der Waals surface area contributed by atoms with E-state index in [2.05, 4.69) is 27.1 Å². The Morgan fingerprint density at radius 1 is 0.786 bits per heavy atom. The van der Waals surface area contributed by atoms with Crippen LogP contribution in [0.2, 0.25) is 0 Å². The largest absolute Gasteiger partial charge is 0.497 e. The SMILES string of the molecule is COc1ccc(CNc2ccc(C(=O)N3CCN(c4ccccc4)CC3)cc2S(=O)(=O)Nc2cccc(OC)c2)cc1. The van der Waals surface area contributed by atoms with Gasteiger partial charge in [-0.3, -0.25) is 9.52 Å². The fourth-order valence-electron chi connectivity index (χ4n) is 4.85. The number of anilines is 3. The minimum atomic E-state index is -4.08. The molecule has 0 spiro atoms. The van der Waals surface area contributed by atoms with Crippen LogP contribution in [0.3, 0.4) is 0 Å². The monoisotopic (exact) mass is 586 g/mol. The van der Waals surface area contributed by atoms with Crippen LogP contribution in [0, 0.1) is 0 Å². The van der Waals surface area contributed by atoms with Crippen molar-refractivity contribution in [3.8, 4) is 11.5 Å². The van der Waals surface area contributed by atoms with Crippen LogP contribution in [0.1, 0.15) is 15.9 Å². The molecule has 1 aliphatic rings. The molecular formula is C32H34N4O5S. The Kier molecular flexibility index (Phi) is 8.83. The van der Waals surface area contributed by atoms with Crippen molar-refractivity contribution in [1.82, 2.24) is 4.90 Å². The Hall–Kier alpha value is -4.70. The molecule has 2 N–H and O–H groups in total. The number of hydrogen-bond acceptors (Lipinski definition) is 7. The van der Waals surface area contributed by atoms with Crippen molar-refractivity contribution in [3.05, 3.63) is 108 Å². The first-order chi connectivity index (χ1) is 20.4. The molecule has 4 aromatic rings. The van der Waals surface area contributed by atoms with Crippen molar-refractivity contribution in [2.45, 2.75) is 11.4 Å². The van der Waals surface area contributed by atoms with Gasteiger partial charge >= 0.3 is 0 Å². The summed E-state index contributed by atoms with van der Waals surface area (Å²) < 4.78 is 40.6. The standard InChI is InChI=1S/C32H34N4O5S/c1-40-28-14-11-24(12-15-28)23-33-30-16-13-25(21-31(30)42(38,39)34-26-7-6-10-29(22-26)41-2)32(37)36-19-17-35(18-20-36)27-8-4-3-5-9-27/h3-16,21-22,33-34H,17-20,23H2,1-2H3. The molecule has 0 saturated carbocycles. The number of sulfonamides is 1. The van der Waals surface area contributed by atoms with E-state index in [9.17, 15) is 13.2 Å². The van der Waals surface area contributed by atoms with Crippen LogP contribution in [-0.2, 0) is 16.6 Å². The maximum absolute atomic E-state index is 13.7. The quantitative estimate of drug-likeness (QED) is 0.267. The van der Waals surface area contributed by atoms with E-state index in [1.807, 2.05) is 42.5 Å². The molecule has 218 valence electrons. The van der Waals surface area contributed by atoms with Gasteiger partial charge in [-0.1, -0.05) is 36.4 Å². The number of amides is 1. The van der Waals surface area contributed by atoms with E-state index < -0.39 is 10.0 Å². The Labute approximate surface area is 246 Å². The van der Waals surface area contributed by atoms with Gasteiger partial charge in [0.05, 0.1) is 25.6 Å². The lowest BCUT2D eigenvalue weighted by Gasteiger charge is -2.36. The maximum Gasteiger partial charge on any atom is 0.263 e. The predicted molar refractivity (Wildman–Crippen MR) is 165 cm³/mol. The number of carbonyl (C=O) groups excluding carboxylic acids is 1. The smallest absolute Gasteiger partial charge is 0.263 e. The Balaban J connectivity index is 1.39. The van der Waals surface area contributed by atoms with Gasteiger partial charge in [-0.05, 0) is 60.2 Å². The summed E-state index contributed by atoms with van der Waals surface area (Å²) in [5.41, 5.74) is 3.10. The molecule has 1 heterocycles. The van der Waals surface area contributed by atoms with Crippen LogP contribution in [0.25, 0.3) is 0 Å². The van der Waals surface area contributed by atoms with Gasteiger partial charge in [0.15, 0.2) is 0 Å². The highest BCUT2D eigenvalue weighted by atomic mass is 32.2. The lowest BCUT2D eigenvalue weighted by molar-refractivity contribution is 0.0746. The third-order valence-electron chi connectivity index (χ3n) is 7.17. The van der Waals surface area contributed by atoms with E-state index in [1.165, 1.54) is 13.2 Å². The summed E-state index contributed by atoms with van der Waals surface area (Å²) in [7, 11) is -0.962. The molecule has 1 aliphatic heterocycles. The second-order valence-electron chi connectivity index (χ2n) is 9.86. The maximum atomic E-state index is 13.7. The first kappa shape index (κ1) is 28.8. The highest BCUT2D eigenvalue weighted by Crippen LogP contribution is 2.28. The molecule has 0 unspecified atom stereocenters. The molecule has 1 saturated heterocycles. The molecule has 0 bridgehead atoms. The van der Waals surface area contributed by atoms with Crippen LogP contribution >= 0.6 is 0 Å². The number of piperazine rings is 1. The van der Waals surface area contributed by atoms with E-state index >= 15 is 0 Å². The molecule has 0 aromatic heterocycles. The fraction of sp³-hybridized carbons (Fsp3) is 0.219. The van der Waals surface area contributed by atoms with Gasteiger partial charge in [0.1, 0.15) is 16.4 Å². The number of hydrogen-bond donors (Lipinski definition) is 2. The van der Waals surface area contributed by atoms with Crippen LogP contribution in [0.4, 0.5) is 17.1 Å². The number of methoxy groups -OCH3 is 2. The van der Waals surface area contributed by atoms with E-state index in [1.54, 1.807) is 48.4 Å². The van der Waals surface area contributed by atoms with Gasteiger partial charge < -0.3 is 24.6 Å². The average molecular weight is 587 g/mol. The summed E-state index contributed by atoms with van der Waals surface area (Å²) in [6.45, 7) is 2.84. The minimum absolute atomic E-state index is 0.0207. The van der Waals surface area contributed by atoms with E-state index in [4.69, 9.17) is 9.47 Å². The predicted octanol–water partition coefficient (Wildman–Crippen LogP) is 5.08. The molecule has 9 nitrogen and oxygen atoms in total. The minimum Gasteiger partial charge on any atom is -0.497 e. The molecule has 0 aliphatic carbocycles. The van der Waals surface area contributed by atoms with Gasteiger partial charge in [0, 0.05) is 50.0 Å². The number of carbonyl (C=O) groups is 1. The summed E-state index contributed by atoms with van der Waals surface area (Å²) >= 11 is 0. The summed E-state index contributed by atoms with van der Waals surface area (Å²) in [6.07, 6.45) is 0. The highest BCUT2D eigenvalue weighted by Gasteiger charge is 2.26. The number of benzene rings is 4.